The molecule has 0 atom stereocenters. The fourth-order valence-corrected chi connectivity index (χ4v) is 1.16. The summed E-state index contributed by atoms with van der Waals surface area (Å²) in [4.78, 5) is 3.90. The summed E-state index contributed by atoms with van der Waals surface area (Å²) in [6, 6.07) is 3.88. The Kier molecular flexibility index (Phi) is 2.89. The number of hydrogen-bond acceptors (Lipinski definition) is 1. The Balaban J connectivity index is 2.71. The summed E-state index contributed by atoms with van der Waals surface area (Å²) in [7, 11) is 0. The maximum atomic E-state index is 5.71. The van der Waals surface area contributed by atoms with E-state index in [0.29, 0.717) is 5.15 Å². The molecule has 0 amide bonds. The zero-order valence-electron chi connectivity index (χ0n) is 6.76. The summed E-state index contributed by atoms with van der Waals surface area (Å²) in [6.07, 6.45) is 2.73. The smallest absolute Gasteiger partial charge is 0.129 e. The lowest BCUT2D eigenvalue weighted by Crippen LogP contribution is -1.91. The maximum Gasteiger partial charge on any atom is 0.129 e. The quantitative estimate of drug-likeness (QED) is 0.619. The van der Waals surface area contributed by atoms with Crippen molar-refractivity contribution in [1.82, 2.24) is 4.98 Å². The molecule has 0 fully saturated rings. The van der Waals surface area contributed by atoms with Gasteiger partial charge in [0, 0.05) is 6.20 Å². The lowest BCUT2D eigenvalue weighted by atomic mass is 10.0. The molecule has 0 N–H and O–H groups in total. The van der Waals surface area contributed by atoms with Gasteiger partial charge in [0.05, 0.1) is 0 Å². The second-order valence-electron chi connectivity index (χ2n) is 2.87. The summed E-state index contributed by atoms with van der Waals surface area (Å²) in [5.74, 6) is 1.38. The van der Waals surface area contributed by atoms with Crippen LogP contribution in [0.15, 0.2) is 18.3 Å². The van der Waals surface area contributed by atoms with Gasteiger partial charge in [0.2, 0.25) is 0 Å². The molecule has 1 aromatic rings. The summed E-state index contributed by atoms with van der Waals surface area (Å²) in [5, 5.41) is 0.573. The van der Waals surface area contributed by atoms with Crippen LogP contribution in [0.4, 0.5) is 0 Å². The Morgan fingerprint density at radius 2 is 2.27 bits per heavy atom. The van der Waals surface area contributed by atoms with Gasteiger partial charge < -0.3 is 0 Å². The van der Waals surface area contributed by atoms with E-state index in [1.165, 1.54) is 11.5 Å². The van der Waals surface area contributed by atoms with Crippen molar-refractivity contribution in [2.75, 3.05) is 0 Å². The molecule has 59 valence electrons. The van der Waals surface area contributed by atoms with Gasteiger partial charge in [-0.3, -0.25) is 0 Å². The molecule has 2 heteroatoms. The van der Waals surface area contributed by atoms with Gasteiger partial charge in [-0.15, -0.1) is 0 Å². The van der Waals surface area contributed by atoms with Crippen LogP contribution in [0.3, 0.4) is 0 Å². The Bertz CT molecular complexity index is 233. The topological polar surface area (TPSA) is 12.9 Å². The molecule has 0 saturated carbocycles. The fourth-order valence-electron chi connectivity index (χ4n) is 0.961. The third-order valence-electron chi connectivity index (χ3n) is 1.35. The monoisotopic (exact) mass is 168 g/mol. The third-order valence-corrected chi connectivity index (χ3v) is 1.56. The molecule has 0 bridgehead atoms. The van der Waals surface area contributed by atoms with E-state index >= 15 is 0 Å². The average molecular weight is 169 g/mol. The minimum Gasteiger partial charge on any atom is -0.245 e. The SMILES string of the molecule is C[C](C)Cc1ccnc(Cl)c1. The van der Waals surface area contributed by atoms with Crippen LogP contribution in [-0.4, -0.2) is 4.98 Å². The standard InChI is InChI=1S/C9H11ClN/c1-7(2)5-8-3-4-11-9(10)6-8/h3-4,6H,5H2,1-2H3. The molecule has 0 aliphatic rings. The minimum absolute atomic E-state index is 0.573. The summed E-state index contributed by atoms with van der Waals surface area (Å²) >= 11 is 5.71. The molecule has 1 rings (SSSR count). The first-order valence-electron chi connectivity index (χ1n) is 3.58. The summed E-state index contributed by atoms with van der Waals surface area (Å²) in [6.45, 7) is 4.21. The molecule has 0 aliphatic heterocycles. The second kappa shape index (κ2) is 3.72. The van der Waals surface area contributed by atoms with E-state index in [9.17, 15) is 0 Å². The first kappa shape index (κ1) is 8.54. The Labute approximate surface area is 72.4 Å². The molecule has 1 heterocycles. The number of aromatic nitrogens is 1. The van der Waals surface area contributed by atoms with Gasteiger partial charge in [-0.25, -0.2) is 4.98 Å². The fraction of sp³-hybridized carbons (Fsp3) is 0.333. The van der Waals surface area contributed by atoms with Crippen molar-refractivity contribution in [2.24, 2.45) is 0 Å². The summed E-state index contributed by atoms with van der Waals surface area (Å²) < 4.78 is 0. The van der Waals surface area contributed by atoms with Crippen LogP contribution in [0.1, 0.15) is 19.4 Å². The molecule has 0 aliphatic carbocycles. The molecule has 1 nitrogen and oxygen atoms in total. The molecular formula is C9H11ClN. The van der Waals surface area contributed by atoms with E-state index in [0.717, 1.165) is 6.42 Å². The van der Waals surface area contributed by atoms with E-state index in [1.54, 1.807) is 6.20 Å². The van der Waals surface area contributed by atoms with Crippen LogP contribution in [0.25, 0.3) is 0 Å². The highest BCUT2D eigenvalue weighted by atomic mass is 35.5. The van der Waals surface area contributed by atoms with Crippen molar-refractivity contribution in [1.29, 1.82) is 0 Å². The number of nitrogens with zero attached hydrogens (tertiary/aromatic N) is 1. The lowest BCUT2D eigenvalue weighted by Gasteiger charge is -2.02. The van der Waals surface area contributed by atoms with Gasteiger partial charge in [-0.05, 0) is 30.0 Å². The van der Waals surface area contributed by atoms with E-state index in [-0.39, 0.29) is 0 Å². The predicted molar refractivity (Wildman–Crippen MR) is 47.5 cm³/mol. The number of hydrogen-bond donors (Lipinski definition) is 0. The molecule has 1 radical (unpaired) electrons. The first-order chi connectivity index (χ1) is 5.18. The molecule has 0 spiro atoms. The van der Waals surface area contributed by atoms with E-state index in [4.69, 9.17) is 11.6 Å². The van der Waals surface area contributed by atoms with E-state index < -0.39 is 0 Å². The van der Waals surface area contributed by atoms with Crippen molar-refractivity contribution in [2.45, 2.75) is 20.3 Å². The Morgan fingerprint density at radius 3 is 2.82 bits per heavy atom. The zero-order valence-corrected chi connectivity index (χ0v) is 7.52. The van der Waals surface area contributed by atoms with Crippen molar-refractivity contribution < 1.29 is 0 Å². The van der Waals surface area contributed by atoms with E-state index in [1.807, 2.05) is 12.1 Å². The van der Waals surface area contributed by atoms with Crippen LogP contribution in [0, 0.1) is 5.92 Å². The lowest BCUT2D eigenvalue weighted by molar-refractivity contribution is 0.953. The van der Waals surface area contributed by atoms with Crippen molar-refractivity contribution in [3.05, 3.63) is 35.0 Å². The molecule has 11 heavy (non-hydrogen) atoms. The number of rotatable bonds is 2. The van der Waals surface area contributed by atoms with Gasteiger partial charge in [0.25, 0.3) is 0 Å². The third kappa shape index (κ3) is 2.89. The molecule has 0 unspecified atom stereocenters. The minimum atomic E-state index is 0.573. The zero-order chi connectivity index (χ0) is 8.27. The Morgan fingerprint density at radius 1 is 1.55 bits per heavy atom. The van der Waals surface area contributed by atoms with Crippen LogP contribution in [-0.2, 0) is 6.42 Å². The number of halogens is 1. The van der Waals surface area contributed by atoms with Crippen LogP contribution < -0.4 is 0 Å². The highest BCUT2D eigenvalue weighted by Crippen LogP contribution is 2.12. The van der Waals surface area contributed by atoms with Crippen molar-refractivity contribution in [3.63, 3.8) is 0 Å². The Hall–Kier alpha value is -0.560. The average Bonchev–Trinajstić information content (AvgIpc) is 1.85. The van der Waals surface area contributed by atoms with Gasteiger partial charge in [0.1, 0.15) is 5.15 Å². The van der Waals surface area contributed by atoms with Crippen molar-refractivity contribution >= 4 is 11.6 Å². The molecular weight excluding hydrogens is 158 g/mol. The molecule has 1 aromatic heterocycles. The number of pyridine rings is 1. The van der Waals surface area contributed by atoms with Gasteiger partial charge >= 0.3 is 0 Å². The van der Waals surface area contributed by atoms with Gasteiger partial charge in [-0.1, -0.05) is 25.4 Å². The normalized spacial score (nSPS) is 10.5. The van der Waals surface area contributed by atoms with Crippen LogP contribution in [0.5, 0.6) is 0 Å². The highest BCUT2D eigenvalue weighted by Gasteiger charge is 1.98. The van der Waals surface area contributed by atoms with E-state index in [2.05, 4.69) is 18.8 Å². The highest BCUT2D eigenvalue weighted by molar-refractivity contribution is 6.29. The molecule has 0 aromatic carbocycles. The summed E-state index contributed by atoms with van der Waals surface area (Å²) in [5.41, 5.74) is 1.23. The largest absolute Gasteiger partial charge is 0.245 e. The van der Waals surface area contributed by atoms with Crippen molar-refractivity contribution in [3.8, 4) is 0 Å². The second-order valence-corrected chi connectivity index (χ2v) is 3.26. The molecule has 0 saturated heterocycles. The van der Waals surface area contributed by atoms with Crippen LogP contribution in [0.2, 0.25) is 5.15 Å². The maximum absolute atomic E-state index is 5.71. The van der Waals surface area contributed by atoms with Gasteiger partial charge in [0.15, 0.2) is 0 Å². The first-order valence-corrected chi connectivity index (χ1v) is 3.96. The predicted octanol–water partition coefficient (Wildman–Crippen LogP) is 2.89. The van der Waals surface area contributed by atoms with Crippen LogP contribution >= 0.6 is 11.6 Å². The van der Waals surface area contributed by atoms with Gasteiger partial charge in [-0.2, -0.15) is 0 Å².